The van der Waals surface area contributed by atoms with Crippen molar-refractivity contribution in [3.63, 3.8) is 0 Å². The van der Waals surface area contributed by atoms with E-state index < -0.39 is 21.9 Å². The van der Waals surface area contributed by atoms with Gasteiger partial charge in [-0.25, -0.2) is 12.8 Å². The number of amides is 2. The zero-order chi connectivity index (χ0) is 26.3. The lowest BCUT2D eigenvalue weighted by molar-refractivity contribution is -0.141. The predicted molar refractivity (Wildman–Crippen MR) is 142 cm³/mol. The number of nitrogens with zero attached hydrogens (tertiary/aromatic N) is 2. The van der Waals surface area contributed by atoms with Crippen molar-refractivity contribution in [1.82, 2.24) is 10.2 Å². The third-order valence-corrected chi connectivity index (χ3v) is 8.06. The molecule has 1 aliphatic rings. The molecule has 10 heteroatoms. The Morgan fingerprint density at radius 3 is 2.42 bits per heavy atom. The lowest BCUT2D eigenvalue weighted by Crippen LogP contribution is -2.49. The summed E-state index contributed by atoms with van der Waals surface area (Å²) in [7, 11) is -3.63. The van der Waals surface area contributed by atoms with E-state index in [2.05, 4.69) is 21.2 Å². The maximum absolute atomic E-state index is 13.3. The summed E-state index contributed by atoms with van der Waals surface area (Å²) in [5.41, 5.74) is 1.21. The number of nitrogens with one attached hydrogen (secondary N) is 1. The molecule has 2 aromatic carbocycles. The van der Waals surface area contributed by atoms with E-state index in [-0.39, 0.29) is 43.8 Å². The standard InChI is InChI=1S/C26H33BrFN3O4S/c1-19(26(33)29-23-9-3-4-10-23)30(18-20-7-5-8-21(27)17-20)25(32)11-6-16-31(36(2,34)35)24-14-12-22(28)13-15-24/h5,7-8,12-15,17,19,23H,3-4,6,9-11,16,18H2,1-2H3,(H,29,33). The summed E-state index contributed by atoms with van der Waals surface area (Å²) in [5, 5.41) is 3.07. The second-order valence-corrected chi connectivity index (χ2v) is 12.1. The molecular formula is C26H33BrFN3O4S. The zero-order valence-electron chi connectivity index (χ0n) is 20.6. The molecule has 1 fully saturated rings. The van der Waals surface area contributed by atoms with Crippen molar-refractivity contribution in [2.45, 2.75) is 64.1 Å². The SMILES string of the molecule is CC(C(=O)NC1CCCC1)N(Cc1cccc(Br)c1)C(=O)CCCN(c1ccc(F)cc1)S(C)(=O)=O. The Labute approximate surface area is 221 Å². The van der Waals surface area contributed by atoms with Crippen LogP contribution in [0.2, 0.25) is 0 Å². The minimum absolute atomic E-state index is 0.0578. The summed E-state index contributed by atoms with van der Waals surface area (Å²) in [6, 6.07) is 12.2. The fraction of sp³-hybridized carbons (Fsp3) is 0.462. The summed E-state index contributed by atoms with van der Waals surface area (Å²) < 4.78 is 40.0. The molecular weight excluding hydrogens is 549 g/mol. The molecule has 3 rings (SSSR count). The first-order valence-electron chi connectivity index (χ1n) is 12.1. The quantitative estimate of drug-likeness (QED) is 0.420. The van der Waals surface area contributed by atoms with Gasteiger partial charge >= 0.3 is 0 Å². The van der Waals surface area contributed by atoms with Gasteiger partial charge in [0.15, 0.2) is 0 Å². The molecule has 0 spiro atoms. The molecule has 1 aliphatic carbocycles. The Kier molecular flexibility index (Phi) is 9.90. The van der Waals surface area contributed by atoms with Crippen molar-refractivity contribution in [3.8, 4) is 0 Å². The minimum Gasteiger partial charge on any atom is -0.352 e. The number of hydrogen-bond acceptors (Lipinski definition) is 4. The predicted octanol–water partition coefficient (Wildman–Crippen LogP) is 4.61. The molecule has 0 bridgehead atoms. The molecule has 0 aliphatic heterocycles. The van der Waals surface area contributed by atoms with Gasteiger partial charge in [-0.15, -0.1) is 0 Å². The average molecular weight is 583 g/mol. The van der Waals surface area contributed by atoms with Crippen molar-refractivity contribution >= 4 is 43.5 Å². The number of sulfonamides is 1. The lowest BCUT2D eigenvalue weighted by atomic mass is 10.1. The summed E-state index contributed by atoms with van der Waals surface area (Å²) in [4.78, 5) is 27.9. The highest BCUT2D eigenvalue weighted by atomic mass is 79.9. The number of carbonyl (C=O) groups is 2. The summed E-state index contributed by atoms with van der Waals surface area (Å²) in [5.74, 6) is -0.888. The van der Waals surface area contributed by atoms with Crippen LogP contribution in [-0.2, 0) is 26.2 Å². The number of benzene rings is 2. The van der Waals surface area contributed by atoms with Crippen LogP contribution in [0.4, 0.5) is 10.1 Å². The van der Waals surface area contributed by atoms with Crippen molar-refractivity contribution in [1.29, 1.82) is 0 Å². The Morgan fingerprint density at radius 2 is 1.81 bits per heavy atom. The van der Waals surface area contributed by atoms with Crippen LogP contribution in [-0.4, -0.2) is 50.0 Å². The Bertz CT molecular complexity index is 1150. The highest BCUT2D eigenvalue weighted by Gasteiger charge is 2.28. The molecule has 2 amide bonds. The van der Waals surface area contributed by atoms with E-state index in [9.17, 15) is 22.4 Å². The fourth-order valence-corrected chi connectivity index (χ4v) is 5.83. The highest BCUT2D eigenvalue weighted by molar-refractivity contribution is 9.10. The van der Waals surface area contributed by atoms with Crippen molar-refractivity contribution in [3.05, 3.63) is 64.4 Å². The van der Waals surface area contributed by atoms with Gasteiger partial charge in [0.05, 0.1) is 11.9 Å². The normalized spacial score (nSPS) is 14.9. The maximum atomic E-state index is 13.3. The molecule has 0 saturated heterocycles. The van der Waals surface area contributed by atoms with Crippen LogP contribution >= 0.6 is 15.9 Å². The molecule has 1 saturated carbocycles. The van der Waals surface area contributed by atoms with E-state index in [1.807, 2.05) is 24.3 Å². The third-order valence-electron chi connectivity index (χ3n) is 6.38. The van der Waals surface area contributed by atoms with E-state index in [0.717, 1.165) is 46.3 Å². The van der Waals surface area contributed by atoms with Crippen molar-refractivity contribution in [2.75, 3.05) is 17.1 Å². The Morgan fingerprint density at radius 1 is 1.14 bits per heavy atom. The molecule has 196 valence electrons. The van der Waals surface area contributed by atoms with Gasteiger partial charge in [0.25, 0.3) is 0 Å². The van der Waals surface area contributed by atoms with Crippen molar-refractivity contribution < 1.29 is 22.4 Å². The second kappa shape index (κ2) is 12.7. The molecule has 36 heavy (non-hydrogen) atoms. The Hall–Kier alpha value is -2.46. The number of anilines is 1. The molecule has 0 aromatic heterocycles. The molecule has 0 heterocycles. The fourth-order valence-electron chi connectivity index (χ4n) is 4.42. The van der Waals surface area contributed by atoms with Crippen LogP contribution in [0.1, 0.15) is 51.0 Å². The van der Waals surface area contributed by atoms with Gasteiger partial charge in [0, 0.05) is 30.0 Å². The topological polar surface area (TPSA) is 86.8 Å². The van der Waals surface area contributed by atoms with E-state index >= 15 is 0 Å². The largest absolute Gasteiger partial charge is 0.352 e. The molecule has 7 nitrogen and oxygen atoms in total. The van der Waals surface area contributed by atoms with Gasteiger partial charge < -0.3 is 10.2 Å². The second-order valence-electron chi connectivity index (χ2n) is 9.23. The van der Waals surface area contributed by atoms with Gasteiger partial charge in [-0.05, 0) is 68.1 Å². The lowest BCUT2D eigenvalue weighted by Gasteiger charge is -2.30. The van der Waals surface area contributed by atoms with Gasteiger partial charge in [-0.3, -0.25) is 13.9 Å². The van der Waals surface area contributed by atoms with E-state index in [1.54, 1.807) is 11.8 Å². The minimum atomic E-state index is -3.63. The van der Waals surface area contributed by atoms with E-state index in [1.165, 1.54) is 24.3 Å². The molecule has 0 radical (unpaired) electrons. The third kappa shape index (κ3) is 8.03. The summed E-state index contributed by atoms with van der Waals surface area (Å²) in [6.07, 6.45) is 5.45. The summed E-state index contributed by atoms with van der Waals surface area (Å²) in [6.45, 7) is 2.04. The molecule has 1 atom stereocenters. The first-order valence-corrected chi connectivity index (χ1v) is 14.8. The first kappa shape index (κ1) is 28.1. The van der Waals surface area contributed by atoms with Crippen LogP contribution in [0.5, 0.6) is 0 Å². The number of rotatable bonds is 11. The smallest absolute Gasteiger partial charge is 0.242 e. The van der Waals surface area contributed by atoms with Gasteiger partial charge in [-0.2, -0.15) is 0 Å². The maximum Gasteiger partial charge on any atom is 0.242 e. The van der Waals surface area contributed by atoms with Gasteiger partial charge in [-0.1, -0.05) is 40.9 Å². The molecule has 1 N–H and O–H groups in total. The van der Waals surface area contributed by atoms with Crippen LogP contribution in [0.15, 0.2) is 53.0 Å². The van der Waals surface area contributed by atoms with E-state index in [4.69, 9.17) is 0 Å². The number of halogens is 2. The van der Waals surface area contributed by atoms with Crippen LogP contribution in [0.3, 0.4) is 0 Å². The summed E-state index contributed by atoms with van der Waals surface area (Å²) >= 11 is 3.45. The highest BCUT2D eigenvalue weighted by Crippen LogP contribution is 2.21. The van der Waals surface area contributed by atoms with Crippen LogP contribution in [0.25, 0.3) is 0 Å². The number of carbonyl (C=O) groups excluding carboxylic acids is 2. The van der Waals surface area contributed by atoms with Gasteiger partial charge in [0.2, 0.25) is 21.8 Å². The Balaban J connectivity index is 1.71. The molecule has 1 unspecified atom stereocenters. The zero-order valence-corrected chi connectivity index (χ0v) is 23.0. The van der Waals surface area contributed by atoms with Crippen LogP contribution in [0, 0.1) is 5.82 Å². The molecule has 2 aromatic rings. The van der Waals surface area contributed by atoms with Crippen molar-refractivity contribution in [2.24, 2.45) is 0 Å². The monoisotopic (exact) mass is 581 g/mol. The van der Waals surface area contributed by atoms with Crippen LogP contribution < -0.4 is 9.62 Å². The first-order chi connectivity index (χ1) is 17.0. The number of hydrogen-bond donors (Lipinski definition) is 1. The average Bonchev–Trinajstić information content (AvgIpc) is 3.33. The van der Waals surface area contributed by atoms with E-state index in [0.29, 0.717) is 5.69 Å². The van der Waals surface area contributed by atoms with Gasteiger partial charge in [0.1, 0.15) is 11.9 Å².